The predicted octanol–water partition coefficient (Wildman–Crippen LogP) is 5.47. The average molecular weight is 698 g/mol. The summed E-state index contributed by atoms with van der Waals surface area (Å²) in [4.78, 5) is 50.1. The Balaban J connectivity index is 0.000000183. The van der Waals surface area contributed by atoms with Crippen LogP contribution in [0.25, 0.3) is 11.1 Å². The number of nitro groups is 1. The Kier molecular flexibility index (Phi) is 10.8. The first-order valence-electron chi connectivity index (χ1n) is 16.9. The van der Waals surface area contributed by atoms with Crippen LogP contribution in [-0.2, 0) is 48.6 Å². The zero-order chi connectivity index (χ0) is 36.8. The number of carbonyl (C=O) groups is 3. The molecule has 0 fully saturated rings. The lowest BCUT2D eigenvalue weighted by Crippen LogP contribution is -2.42. The summed E-state index contributed by atoms with van der Waals surface area (Å²) in [5.41, 5.74) is 20.8. The van der Waals surface area contributed by atoms with Gasteiger partial charge in [-0.2, -0.15) is 0 Å². The van der Waals surface area contributed by atoms with Gasteiger partial charge < -0.3 is 26.4 Å². The summed E-state index contributed by atoms with van der Waals surface area (Å²) in [5.74, 6) is -1.10. The Morgan fingerprint density at radius 2 is 1.04 bits per heavy atom. The molecule has 2 aliphatic heterocycles. The molecule has 0 aliphatic carbocycles. The summed E-state index contributed by atoms with van der Waals surface area (Å²) in [6.07, 6.45) is 0.761. The van der Waals surface area contributed by atoms with Crippen LogP contribution in [0.2, 0.25) is 0 Å². The van der Waals surface area contributed by atoms with E-state index >= 15 is 0 Å². The fourth-order valence-corrected chi connectivity index (χ4v) is 6.57. The number of non-ortho nitro benzene ring substituents is 1. The van der Waals surface area contributed by atoms with Gasteiger partial charge in [-0.1, -0.05) is 97.1 Å². The molecule has 7 rings (SSSR count). The van der Waals surface area contributed by atoms with E-state index in [-0.39, 0.29) is 29.5 Å². The second-order valence-corrected chi connectivity index (χ2v) is 13.1. The summed E-state index contributed by atoms with van der Waals surface area (Å²) in [7, 11) is 0. The molecule has 11 nitrogen and oxygen atoms in total. The van der Waals surface area contributed by atoms with Crippen molar-refractivity contribution in [3.63, 3.8) is 0 Å². The number of carboxylic acids is 1. The molecule has 0 radical (unpaired) electrons. The first-order valence-corrected chi connectivity index (χ1v) is 16.9. The minimum atomic E-state index is -0.938. The first-order chi connectivity index (χ1) is 25.0. The van der Waals surface area contributed by atoms with Crippen LogP contribution >= 0.6 is 0 Å². The highest BCUT2D eigenvalue weighted by atomic mass is 16.6. The second kappa shape index (κ2) is 15.8. The molecule has 0 saturated carbocycles. The fourth-order valence-electron chi connectivity index (χ4n) is 6.57. The van der Waals surface area contributed by atoms with E-state index in [1.807, 2.05) is 65.6 Å². The molecular formula is C41H39N5O6. The van der Waals surface area contributed by atoms with Gasteiger partial charge in [0.2, 0.25) is 11.8 Å². The minimum absolute atomic E-state index is 0.00993. The van der Waals surface area contributed by atoms with Gasteiger partial charge in [0.05, 0.1) is 22.6 Å². The quantitative estimate of drug-likeness (QED) is 0.134. The predicted molar refractivity (Wildman–Crippen MR) is 197 cm³/mol. The number of benzene rings is 5. The molecule has 0 unspecified atom stereocenters. The number of carboxylic acid groups (broad SMARTS) is 1. The number of nitrogens with two attached hydrogens (primary N) is 2. The molecule has 264 valence electrons. The van der Waals surface area contributed by atoms with Gasteiger partial charge in [-0.3, -0.25) is 19.7 Å². The maximum absolute atomic E-state index is 12.7. The number of rotatable bonds is 9. The Hall–Kier alpha value is -6.17. The summed E-state index contributed by atoms with van der Waals surface area (Å²) in [6, 6.07) is 35.6. The van der Waals surface area contributed by atoms with Crippen molar-refractivity contribution in [1.82, 2.24) is 9.80 Å². The van der Waals surface area contributed by atoms with Crippen molar-refractivity contribution in [2.24, 2.45) is 11.5 Å². The van der Waals surface area contributed by atoms with Crippen LogP contribution < -0.4 is 11.5 Å². The SMILES string of the molecule is N[C@H](Cc1ccc(-c2ccc(C(=O)O)cc2)cc1)C(=O)N1Cc2ccccc2C1.N[C@H](Cc1cccc([N+](=O)[O-])c1)C(=O)N1Cc2ccccc2C1. The molecule has 2 amide bonds. The summed E-state index contributed by atoms with van der Waals surface area (Å²) in [6.45, 7) is 2.37. The normalized spacial score (nSPS) is 14.0. The van der Waals surface area contributed by atoms with Crippen LogP contribution in [-0.4, -0.2) is 49.7 Å². The molecule has 5 aromatic rings. The van der Waals surface area contributed by atoms with Crippen LogP contribution in [0.15, 0.2) is 121 Å². The van der Waals surface area contributed by atoms with E-state index in [9.17, 15) is 24.5 Å². The van der Waals surface area contributed by atoms with Crippen molar-refractivity contribution in [2.75, 3.05) is 0 Å². The van der Waals surface area contributed by atoms with Crippen LogP contribution in [0, 0.1) is 10.1 Å². The van der Waals surface area contributed by atoms with Crippen molar-refractivity contribution in [2.45, 2.75) is 51.1 Å². The number of nitro benzene ring substituents is 1. The monoisotopic (exact) mass is 697 g/mol. The van der Waals surface area contributed by atoms with E-state index in [0.29, 0.717) is 38.2 Å². The van der Waals surface area contributed by atoms with Gasteiger partial charge >= 0.3 is 5.97 Å². The smallest absolute Gasteiger partial charge is 0.335 e. The molecule has 0 spiro atoms. The second-order valence-electron chi connectivity index (χ2n) is 13.1. The van der Waals surface area contributed by atoms with Gasteiger partial charge in [0, 0.05) is 38.3 Å². The highest BCUT2D eigenvalue weighted by Crippen LogP contribution is 2.25. The highest BCUT2D eigenvalue weighted by molar-refractivity contribution is 5.88. The molecule has 2 atom stereocenters. The van der Waals surface area contributed by atoms with Gasteiger partial charge in [-0.15, -0.1) is 0 Å². The maximum atomic E-state index is 12.7. The standard InChI is InChI=1S/C24H22N2O3.C17H17N3O3/c25-22(23(27)26-14-20-3-1-2-4-21(20)15-26)13-16-5-7-17(8-6-16)18-9-11-19(12-10-18)24(28)29;18-16(9-12-4-3-7-15(8-12)20(22)23)17(21)19-10-13-5-1-2-6-14(13)11-19/h1-12,22H,13-15,25H2,(H,28,29);1-8,16H,9-11,18H2/t22-;16-/m11/s1. The number of carbonyl (C=O) groups excluding carboxylic acids is 2. The summed E-state index contributed by atoms with van der Waals surface area (Å²) >= 11 is 0. The van der Waals surface area contributed by atoms with Gasteiger partial charge in [0.25, 0.3) is 5.69 Å². The zero-order valence-corrected chi connectivity index (χ0v) is 28.4. The maximum Gasteiger partial charge on any atom is 0.335 e. The molecule has 0 saturated heterocycles. The van der Waals surface area contributed by atoms with E-state index in [1.165, 1.54) is 23.3 Å². The zero-order valence-electron chi connectivity index (χ0n) is 28.4. The van der Waals surface area contributed by atoms with E-state index in [4.69, 9.17) is 16.6 Å². The van der Waals surface area contributed by atoms with E-state index in [1.54, 1.807) is 41.3 Å². The molecule has 5 aromatic carbocycles. The van der Waals surface area contributed by atoms with Crippen LogP contribution in [0.4, 0.5) is 5.69 Å². The lowest BCUT2D eigenvalue weighted by atomic mass is 9.99. The number of hydrogen-bond donors (Lipinski definition) is 3. The van der Waals surface area contributed by atoms with Crippen LogP contribution in [0.1, 0.15) is 43.7 Å². The summed E-state index contributed by atoms with van der Waals surface area (Å²) < 4.78 is 0. The Morgan fingerprint density at radius 3 is 1.46 bits per heavy atom. The minimum Gasteiger partial charge on any atom is -0.478 e. The third kappa shape index (κ3) is 8.40. The van der Waals surface area contributed by atoms with Crippen molar-refractivity contribution in [3.05, 3.63) is 170 Å². The van der Waals surface area contributed by atoms with Crippen molar-refractivity contribution >= 4 is 23.5 Å². The average Bonchev–Trinajstić information content (AvgIpc) is 3.80. The van der Waals surface area contributed by atoms with Gasteiger partial charge in [-0.05, 0) is 69.5 Å². The topological polar surface area (TPSA) is 173 Å². The van der Waals surface area contributed by atoms with Gasteiger partial charge in [0.15, 0.2) is 0 Å². The third-order valence-electron chi connectivity index (χ3n) is 9.39. The Morgan fingerprint density at radius 1 is 0.615 bits per heavy atom. The Bertz CT molecular complexity index is 2050. The van der Waals surface area contributed by atoms with E-state index in [2.05, 4.69) is 12.1 Å². The molecule has 11 heteroatoms. The number of amides is 2. The van der Waals surface area contributed by atoms with Crippen LogP contribution in [0.5, 0.6) is 0 Å². The first kappa shape index (κ1) is 35.6. The van der Waals surface area contributed by atoms with Crippen molar-refractivity contribution in [3.8, 4) is 11.1 Å². The highest BCUT2D eigenvalue weighted by Gasteiger charge is 2.28. The number of hydrogen-bond acceptors (Lipinski definition) is 7. The summed E-state index contributed by atoms with van der Waals surface area (Å²) in [5, 5.41) is 19.8. The fraction of sp³-hybridized carbons (Fsp3) is 0.195. The lowest BCUT2D eigenvalue weighted by molar-refractivity contribution is -0.384. The van der Waals surface area contributed by atoms with Gasteiger partial charge in [-0.25, -0.2) is 4.79 Å². The molecule has 5 N–H and O–H groups in total. The Labute approximate surface area is 301 Å². The van der Waals surface area contributed by atoms with E-state index < -0.39 is 23.0 Å². The molecule has 2 aliphatic rings. The van der Waals surface area contributed by atoms with Crippen molar-refractivity contribution < 1.29 is 24.4 Å². The number of aromatic carboxylic acids is 1. The molecule has 52 heavy (non-hydrogen) atoms. The van der Waals surface area contributed by atoms with Gasteiger partial charge in [0.1, 0.15) is 0 Å². The molecule has 0 bridgehead atoms. The molecule has 2 heterocycles. The molecular weight excluding hydrogens is 658 g/mol. The van der Waals surface area contributed by atoms with Crippen molar-refractivity contribution in [1.29, 1.82) is 0 Å². The van der Waals surface area contributed by atoms with Crippen LogP contribution in [0.3, 0.4) is 0 Å². The third-order valence-corrected chi connectivity index (χ3v) is 9.39. The molecule has 0 aromatic heterocycles. The lowest BCUT2D eigenvalue weighted by Gasteiger charge is -2.20. The number of nitrogens with zero attached hydrogens (tertiary/aromatic N) is 3. The number of fused-ring (bicyclic) bond motifs is 2. The largest absolute Gasteiger partial charge is 0.478 e. The van der Waals surface area contributed by atoms with E-state index in [0.717, 1.165) is 27.8 Å².